The predicted octanol–water partition coefficient (Wildman–Crippen LogP) is 2.63. The Balaban J connectivity index is 2.49. The number of rotatable bonds is 5. The van der Waals surface area contributed by atoms with E-state index in [2.05, 4.69) is 24.5 Å². The summed E-state index contributed by atoms with van der Waals surface area (Å²) in [5.41, 5.74) is 3.81. The van der Waals surface area contributed by atoms with E-state index in [-0.39, 0.29) is 6.04 Å². The van der Waals surface area contributed by atoms with Crippen molar-refractivity contribution in [2.75, 3.05) is 14.2 Å². The fraction of sp³-hybridized carbons (Fsp3) is 0.286. The summed E-state index contributed by atoms with van der Waals surface area (Å²) in [6, 6.07) is 9.84. The van der Waals surface area contributed by atoms with Crippen LogP contribution in [-0.2, 0) is 0 Å². The highest BCUT2D eigenvalue weighted by molar-refractivity contribution is 7.12. The molecule has 0 fully saturated rings. The predicted molar refractivity (Wildman–Crippen MR) is 77.8 cm³/mol. The van der Waals surface area contributed by atoms with Gasteiger partial charge in [-0.3, -0.25) is 5.84 Å². The number of nitrogens with two attached hydrogens (primary N) is 1. The Morgan fingerprint density at radius 1 is 1.16 bits per heavy atom. The standard InChI is InChI=1S/C14H18N2O2S/c1-9-7-8-12(19-9)13(16-15)10-5-4-6-11(17-2)14(10)18-3/h4-8,13,16H,15H2,1-3H3. The van der Waals surface area contributed by atoms with Crippen LogP contribution >= 0.6 is 11.3 Å². The molecule has 0 aliphatic rings. The largest absolute Gasteiger partial charge is 0.493 e. The molecule has 0 aliphatic heterocycles. The summed E-state index contributed by atoms with van der Waals surface area (Å²) in [6.45, 7) is 2.07. The second-order valence-corrected chi connectivity index (χ2v) is 5.45. The van der Waals surface area contributed by atoms with E-state index < -0.39 is 0 Å². The maximum absolute atomic E-state index is 5.72. The van der Waals surface area contributed by atoms with Crippen LogP contribution in [0, 0.1) is 6.92 Å². The van der Waals surface area contributed by atoms with Crippen LogP contribution in [0.4, 0.5) is 0 Å². The second kappa shape index (κ2) is 6.06. The van der Waals surface area contributed by atoms with E-state index in [1.807, 2.05) is 18.2 Å². The van der Waals surface area contributed by atoms with E-state index in [9.17, 15) is 0 Å². The van der Waals surface area contributed by atoms with Crippen LogP contribution in [0.5, 0.6) is 11.5 Å². The number of benzene rings is 1. The van der Waals surface area contributed by atoms with Crippen LogP contribution in [0.3, 0.4) is 0 Å². The van der Waals surface area contributed by atoms with Crippen molar-refractivity contribution in [1.82, 2.24) is 5.43 Å². The van der Waals surface area contributed by atoms with E-state index in [0.717, 1.165) is 10.4 Å². The first-order valence-corrected chi connectivity index (χ1v) is 6.76. The van der Waals surface area contributed by atoms with E-state index >= 15 is 0 Å². The highest BCUT2D eigenvalue weighted by Crippen LogP contribution is 2.38. The van der Waals surface area contributed by atoms with E-state index in [4.69, 9.17) is 15.3 Å². The molecule has 0 spiro atoms. The van der Waals surface area contributed by atoms with E-state index in [0.29, 0.717) is 11.5 Å². The quantitative estimate of drug-likeness (QED) is 0.652. The molecule has 2 rings (SSSR count). The molecule has 2 aromatic rings. The van der Waals surface area contributed by atoms with Crippen molar-refractivity contribution in [3.8, 4) is 11.5 Å². The molecule has 0 saturated heterocycles. The molecular weight excluding hydrogens is 260 g/mol. The number of methoxy groups -OCH3 is 2. The van der Waals surface area contributed by atoms with Crippen LogP contribution in [0.2, 0.25) is 0 Å². The third-order valence-electron chi connectivity index (χ3n) is 2.96. The summed E-state index contributed by atoms with van der Waals surface area (Å²) in [6.07, 6.45) is 0. The molecule has 4 nitrogen and oxygen atoms in total. The Hall–Kier alpha value is -1.56. The van der Waals surface area contributed by atoms with E-state index in [1.54, 1.807) is 25.6 Å². The number of ether oxygens (including phenoxy) is 2. The van der Waals surface area contributed by atoms with Crippen molar-refractivity contribution in [3.05, 3.63) is 45.6 Å². The van der Waals surface area contributed by atoms with Crippen LogP contribution in [0.15, 0.2) is 30.3 Å². The van der Waals surface area contributed by atoms with Gasteiger partial charge in [-0.1, -0.05) is 12.1 Å². The molecule has 1 aromatic heterocycles. The average molecular weight is 278 g/mol. The number of hydrogen-bond donors (Lipinski definition) is 2. The van der Waals surface area contributed by atoms with Gasteiger partial charge in [-0.25, -0.2) is 5.43 Å². The van der Waals surface area contributed by atoms with Crippen LogP contribution < -0.4 is 20.7 Å². The average Bonchev–Trinajstić information content (AvgIpc) is 2.85. The molecular formula is C14H18N2O2S. The molecule has 0 aliphatic carbocycles. The lowest BCUT2D eigenvalue weighted by atomic mass is 10.0. The zero-order valence-corrected chi connectivity index (χ0v) is 12.1. The van der Waals surface area contributed by atoms with Gasteiger partial charge >= 0.3 is 0 Å². The van der Waals surface area contributed by atoms with Crippen molar-refractivity contribution in [2.24, 2.45) is 5.84 Å². The lowest BCUT2D eigenvalue weighted by Crippen LogP contribution is -2.28. The van der Waals surface area contributed by atoms with Crippen LogP contribution in [0.25, 0.3) is 0 Å². The smallest absolute Gasteiger partial charge is 0.165 e. The van der Waals surface area contributed by atoms with Gasteiger partial charge in [0.15, 0.2) is 11.5 Å². The first-order chi connectivity index (χ1) is 9.21. The van der Waals surface area contributed by atoms with Crippen molar-refractivity contribution in [3.63, 3.8) is 0 Å². The molecule has 0 bridgehead atoms. The maximum atomic E-state index is 5.72. The van der Waals surface area contributed by atoms with Gasteiger partial charge in [-0.05, 0) is 25.1 Å². The van der Waals surface area contributed by atoms with Gasteiger partial charge in [0.05, 0.1) is 20.3 Å². The topological polar surface area (TPSA) is 56.5 Å². The second-order valence-electron chi connectivity index (χ2n) is 4.13. The molecule has 19 heavy (non-hydrogen) atoms. The molecule has 1 aromatic carbocycles. The Labute approximate surface area is 117 Å². The molecule has 0 amide bonds. The van der Waals surface area contributed by atoms with Gasteiger partial charge in [0.1, 0.15) is 0 Å². The van der Waals surface area contributed by atoms with Crippen molar-refractivity contribution in [1.29, 1.82) is 0 Å². The van der Waals surface area contributed by atoms with Gasteiger partial charge in [0.2, 0.25) is 0 Å². The van der Waals surface area contributed by atoms with Gasteiger partial charge < -0.3 is 9.47 Å². The zero-order valence-electron chi connectivity index (χ0n) is 11.3. The summed E-state index contributed by atoms with van der Waals surface area (Å²) in [7, 11) is 3.26. The number of hydrogen-bond acceptors (Lipinski definition) is 5. The molecule has 3 N–H and O–H groups in total. The molecule has 1 unspecified atom stereocenters. The first-order valence-electron chi connectivity index (χ1n) is 5.94. The number of nitrogens with one attached hydrogen (secondary N) is 1. The van der Waals surface area contributed by atoms with Gasteiger partial charge in [0, 0.05) is 15.3 Å². The summed E-state index contributed by atoms with van der Waals surface area (Å²) in [5.74, 6) is 7.13. The molecule has 0 radical (unpaired) electrons. The maximum Gasteiger partial charge on any atom is 0.165 e. The van der Waals surface area contributed by atoms with Gasteiger partial charge in [-0.15, -0.1) is 11.3 Å². The lowest BCUT2D eigenvalue weighted by Gasteiger charge is -2.19. The normalized spacial score (nSPS) is 12.2. The van der Waals surface area contributed by atoms with Crippen molar-refractivity contribution < 1.29 is 9.47 Å². The minimum absolute atomic E-state index is 0.108. The molecule has 1 atom stereocenters. The fourth-order valence-electron chi connectivity index (χ4n) is 2.07. The summed E-state index contributed by atoms with van der Waals surface area (Å²) < 4.78 is 10.8. The Bertz CT molecular complexity index is 554. The van der Waals surface area contributed by atoms with Crippen LogP contribution in [0.1, 0.15) is 21.4 Å². The van der Waals surface area contributed by atoms with Crippen molar-refractivity contribution >= 4 is 11.3 Å². The number of para-hydroxylation sites is 1. The number of hydrazine groups is 1. The van der Waals surface area contributed by atoms with Crippen molar-refractivity contribution in [2.45, 2.75) is 13.0 Å². The summed E-state index contributed by atoms with van der Waals surface area (Å²) in [4.78, 5) is 2.39. The molecule has 1 heterocycles. The summed E-state index contributed by atoms with van der Waals surface area (Å²) >= 11 is 1.71. The minimum Gasteiger partial charge on any atom is -0.493 e. The first kappa shape index (κ1) is 13.9. The molecule has 5 heteroatoms. The van der Waals surface area contributed by atoms with Crippen LogP contribution in [-0.4, -0.2) is 14.2 Å². The molecule has 102 valence electrons. The highest BCUT2D eigenvalue weighted by Gasteiger charge is 2.20. The lowest BCUT2D eigenvalue weighted by molar-refractivity contribution is 0.349. The third kappa shape index (κ3) is 2.73. The zero-order chi connectivity index (χ0) is 13.8. The number of thiophene rings is 1. The Kier molecular flexibility index (Phi) is 4.42. The SMILES string of the molecule is COc1cccc(C(NN)c2ccc(C)s2)c1OC. The van der Waals surface area contributed by atoms with E-state index in [1.165, 1.54) is 4.88 Å². The Morgan fingerprint density at radius 3 is 2.47 bits per heavy atom. The summed E-state index contributed by atoms with van der Waals surface area (Å²) in [5, 5.41) is 0. The van der Waals surface area contributed by atoms with Gasteiger partial charge in [0.25, 0.3) is 0 Å². The minimum atomic E-state index is -0.108. The van der Waals surface area contributed by atoms with Gasteiger partial charge in [-0.2, -0.15) is 0 Å². The molecule has 0 saturated carbocycles. The highest BCUT2D eigenvalue weighted by atomic mass is 32.1. The number of aryl methyl sites for hydroxylation is 1. The third-order valence-corrected chi connectivity index (χ3v) is 4.02. The Morgan fingerprint density at radius 2 is 1.95 bits per heavy atom. The fourth-order valence-corrected chi connectivity index (χ4v) is 3.03. The monoisotopic (exact) mass is 278 g/mol.